The summed E-state index contributed by atoms with van der Waals surface area (Å²) in [5, 5.41) is 19.4. The number of fused-ring (bicyclic) bond motifs is 1. The molecule has 3 rings (SSSR count). The van der Waals surface area contributed by atoms with Crippen molar-refractivity contribution in [3.63, 3.8) is 0 Å². The fourth-order valence-electron chi connectivity index (χ4n) is 2.05. The van der Waals surface area contributed by atoms with E-state index in [2.05, 4.69) is 9.97 Å². The molecule has 3 aromatic rings. The molecule has 0 fully saturated rings. The third kappa shape index (κ3) is 1.79. The normalized spacial score (nSPS) is 10.8. The molecule has 0 bridgehead atoms. The van der Waals surface area contributed by atoms with Gasteiger partial charge < -0.3 is 15.0 Å². The van der Waals surface area contributed by atoms with Gasteiger partial charge in [-0.2, -0.15) is 0 Å². The maximum atomic E-state index is 9.32. The van der Waals surface area contributed by atoms with Gasteiger partial charge in [0.2, 0.25) is 0 Å². The second kappa shape index (κ2) is 4.29. The third-order valence-corrected chi connectivity index (χ3v) is 2.93. The first-order valence-corrected chi connectivity index (χ1v) is 5.65. The first-order chi connectivity index (χ1) is 8.75. The van der Waals surface area contributed by atoms with Crippen LogP contribution >= 0.6 is 0 Å². The number of nitrogens with zero attached hydrogens (tertiary/aromatic N) is 1. The van der Waals surface area contributed by atoms with Crippen LogP contribution in [0.3, 0.4) is 0 Å². The Hall–Kier alpha value is -2.11. The van der Waals surface area contributed by atoms with E-state index in [0.29, 0.717) is 11.1 Å². The van der Waals surface area contributed by atoms with Gasteiger partial charge in [0.1, 0.15) is 5.65 Å². The van der Waals surface area contributed by atoms with Gasteiger partial charge in [0.05, 0.1) is 0 Å². The minimum Gasteiger partial charge on any atom is -0.423 e. The van der Waals surface area contributed by atoms with E-state index < -0.39 is 7.12 Å². The van der Waals surface area contributed by atoms with Crippen molar-refractivity contribution in [3.05, 3.63) is 48.7 Å². The number of hydrogen-bond donors (Lipinski definition) is 3. The molecule has 0 spiro atoms. The Labute approximate surface area is 104 Å². The van der Waals surface area contributed by atoms with Gasteiger partial charge in [-0.3, -0.25) is 0 Å². The van der Waals surface area contributed by atoms with Crippen molar-refractivity contribution in [1.29, 1.82) is 0 Å². The van der Waals surface area contributed by atoms with Gasteiger partial charge in [-0.1, -0.05) is 30.3 Å². The zero-order valence-corrected chi connectivity index (χ0v) is 9.54. The molecule has 18 heavy (non-hydrogen) atoms. The minimum atomic E-state index is -1.49. The Kier molecular flexibility index (Phi) is 2.62. The summed E-state index contributed by atoms with van der Waals surface area (Å²) in [7, 11) is -1.49. The molecule has 4 nitrogen and oxygen atoms in total. The highest BCUT2D eigenvalue weighted by atomic mass is 16.4. The van der Waals surface area contributed by atoms with Crippen LogP contribution in [0, 0.1) is 0 Å². The second-order valence-corrected chi connectivity index (χ2v) is 4.09. The van der Waals surface area contributed by atoms with E-state index in [9.17, 15) is 10.0 Å². The predicted octanol–water partition coefficient (Wildman–Crippen LogP) is 0.910. The average molecular weight is 238 g/mol. The molecule has 0 aliphatic heterocycles. The Morgan fingerprint density at radius 1 is 1.06 bits per heavy atom. The van der Waals surface area contributed by atoms with Crippen LogP contribution in [0.2, 0.25) is 0 Å². The molecule has 3 N–H and O–H groups in total. The number of nitrogens with one attached hydrogen (secondary N) is 1. The van der Waals surface area contributed by atoms with E-state index in [0.717, 1.165) is 16.6 Å². The van der Waals surface area contributed by atoms with E-state index in [-0.39, 0.29) is 0 Å². The van der Waals surface area contributed by atoms with E-state index in [4.69, 9.17) is 0 Å². The molecule has 2 aromatic heterocycles. The summed E-state index contributed by atoms with van der Waals surface area (Å²) in [6.07, 6.45) is 1.56. The smallest absolute Gasteiger partial charge is 0.423 e. The fraction of sp³-hybridized carbons (Fsp3) is 0. The maximum Gasteiger partial charge on any atom is 0.489 e. The minimum absolute atomic E-state index is 0.457. The quantitative estimate of drug-likeness (QED) is 0.581. The molecule has 2 heterocycles. The molecule has 1 aromatic carbocycles. The van der Waals surface area contributed by atoms with Crippen molar-refractivity contribution in [3.8, 4) is 11.3 Å². The highest BCUT2D eigenvalue weighted by molar-refractivity contribution is 6.61. The lowest BCUT2D eigenvalue weighted by molar-refractivity contribution is 0.426. The third-order valence-electron chi connectivity index (χ3n) is 2.93. The Morgan fingerprint density at radius 3 is 2.56 bits per heavy atom. The van der Waals surface area contributed by atoms with Crippen LogP contribution in [-0.2, 0) is 0 Å². The van der Waals surface area contributed by atoms with Gasteiger partial charge in [-0.05, 0) is 23.2 Å². The number of hydrogen-bond acceptors (Lipinski definition) is 3. The van der Waals surface area contributed by atoms with Crippen LogP contribution in [0.15, 0.2) is 48.7 Å². The van der Waals surface area contributed by atoms with Gasteiger partial charge in [0, 0.05) is 17.3 Å². The van der Waals surface area contributed by atoms with Crippen molar-refractivity contribution >= 4 is 23.6 Å². The topological polar surface area (TPSA) is 69.1 Å². The molecule has 0 unspecified atom stereocenters. The van der Waals surface area contributed by atoms with Gasteiger partial charge in [0.15, 0.2) is 0 Å². The largest absolute Gasteiger partial charge is 0.489 e. The summed E-state index contributed by atoms with van der Waals surface area (Å²) in [6, 6.07) is 13.3. The van der Waals surface area contributed by atoms with Crippen molar-refractivity contribution in [2.45, 2.75) is 0 Å². The zero-order valence-electron chi connectivity index (χ0n) is 9.54. The number of aromatic amines is 1. The highest BCUT2D eigenvalue weighted by Gasteiger charge is 2.16. The lowest BCUT2D eigenvalue weighted by Gasteiger charge is -1.98. The summed E-state index contributed by atoms with van der Waals surface area (Å²) in [6.45, 7) is 0. The average Bonchev–Trinajstić information content (AvgIpc) is 2.83. The molecule has 0 atom stereocenters. The number of H-pyrrole nitrogens is 1. The molecule has 0 aliphatic carbocycles. The Bertz CT molecular complexity index is 680. The van der Waals surface area contributed by atoms with Crippen LogP contribution in [-0.4, -0.2) is 27.1 Å². The second-order valence-electron chi connectivity index (χ2n) is 4.09. The van der Waals surface area contributed by atoms with Gasteiger partial charge in [0.25, 0.3) is 0 Å². The highest BCUT2D eigenvalue weighted by Crippen LogP contribution is 2.21. The number of aromatic nitrogens is 2. The van der Waals surface area contributed by atoms with Crippen LogP contribution < -0.4 is 5.46 Å². The van der Waals surface area contributed by atoms with Crippen molar-refractivity contribution in [2.24, 2.45) is 0 Å². The summed E-state index contributed by atoms with van der Waals surface area (Å²) in [4.78, 5) is 7.37. The number of benzene rings is 1. The lowest BCUT2D eigenvalue weighted by Crippen LogP contribution is -2.30. The van der Waals surface area contributed by atoms with Crippen molar-refractivity contribution in [2.75, 3.05) is 0 Å². The van der Waals surface area contributed by atoms with E-state index in [1.54, 1.807) is 12.3 Å². The number of rotatable bonds is 2. The molecule has 0 amide bonds. The SMILES string of the molecule is OB(O)c1ccnc2[nH]c(-c3ccccc3)cc12. The predicted molar refractivity (Wildman–Crippen MR) is 71.4 cm³/mol. The molecule has 0 saturated heterocycles. The monoisotopic (exact) mass is 238 g/mol. The number of pyridine rings is 1. The van der Waals surface area contributed by atoms with Crippen LogP contribution in [0.1, 0.15) is 0 Å². The van der Waals surface area contributed by atoms with E-state index >= 15 is 0 Å². The molecular weight excluding hydrogens is 227 g/mol. The van der Waals surface area contributed by atoms with Crippen LogP contribution in [0.5, 0.6) is 0 Å². The van der Waals surface area contributed by atoms with Crippen molar-refractivity contribution in [1.82, 2.24) is 9.97 Å². The molecule has 0 aliphatic rings. The summed E-state index contributed by atoms with van der Waals surface area (Å²) in [5.74, 6) is 0. The molecule has 88 valence electrons. The van der Waals surface area contributed by atoms with E-state index in [1.165, 1.54) is 0 Å². The van der Waals surface area contributed by atoms with Gasteiger partial charge >= 0.3 is 7.12 Å². The first kappa shape index (κ1) is 11.0. The van der Waals surface area contributed by atoms with Gasteiger partial charge in [-0.25, -0.2) is 4.98 Å². The molecule has 5 heteroatoms. The molecular formula is C13H11BN2O2. The molecule has 0 saturated carbocycles. The van der Waals surface area contributed by atoms with Gasteiger partial charge in [-0.15, -0.1) is 0 Å². The summed E-state index contributed by atoms with van der Waals surface area (Å²) < 4.78 is 0. The first-order valence-electron chi connectivity index (χ1n) is 5.65. The Balaban J connectivity index is 2.20. The van der Waals surface area contributed by atoms with Crippen LogP contribution in [0.25, 0.3) is 22.3 Å². The zero-order chi connectivity index (χ0) is 12.5. The molecule has 0 radical (unpaired) electrons. The Morgan fingerprint density at radius 2 is 1.83 bits per heavy atom. The maximum absolute atomic E-state index is 9.32. The fourth-order valence-corrected chi connectivity index (χ4v) is 2.05. The van der Waals surface area contributed by atoms with Crippen LogP contribution in [0.4, 0.5) is 0 Å². The van der Waals surface area contributed by atoms with Crippen molar-refractivity contribution < 1.29 is 10.0 Å². The summed E-state index contributed by atoms with van der Waals surface area (Å²) in [5.41, 5.74) is 3.05. The standard InChI is InChI=1S/C13H11BN2O2/c17-14(18)11-6-7-15-13-10(11)8-12(16-13)9-4-2-1-3-5-9/h1-8,17-18H,(H,15,16). The van der Waals surface area contributed by atoms with E-state index in [1.807, 2.05) is 36.4 Å². The summed E-state index contributed by atoms with van der Waals surface area (Å²) >= 11 is 0. The lowest BCUT2D eigenvalue weighted by atomic mass is 9.79.